The second-order valence-electron chi connectivity index (χ2n) is 12.7. The summed E-state index contributed by atoms with van der Waals surface area (Å²) in [6.45, 7) is 8.30. The number of aliphatic hydroxyl groups is 1. The lowest BCUT2D eigenvalue weighted by atomic mass is 9.47. The molecular formula is C31H44O4. The Hall–Kier alpha value is -1.81. The summed E-state index contributed by atoms with van der Waals surface area (Å²) in [6.07, 6.45) is 14.4. The van der Waals surface area contributed by atoms with Crippen LogP contribution in [-0.2, 0) is 0 Å². The maximum Gasteiger partial charge on any atom is 0.335 e. The molecule has 2 N–H and O–H groups in total. The van der Waals surface area contributed by atoms with Gasteiger partial charge in [-0.2, -0.15) is 0 Å². The first-order valence-corrected chi connectivity index (χ1v) is 14.1. The maximum atomic E-state index is 11.0. The minimum Gasteiger partial charge on any atom is -0.494 e. The third-order valence-electron chi connectivity index (χ3n) is 11.0. The Morgan fingerprint density at radius 2 is 1.86 bits per heavy atom. The molecule has 35 heavy (non-hydrogen) atoms. The van der Waals surface area contributed by atoms with Gasteiger partial charge in [0, 0.05) is 0 Å². The summed E-state index contributed by atoms with van der Waals surface area (Å²) in [4.78, 5) is 11.0. The van der Waals surface area contributed by atoms with Gasteiger partial charge in [-0.05, 0) is 129 Å². The molecule has 8 atom stereocenters. The van der Waals surface area contributed by atoms with Crippen LogP contribution >= 0.6 is 0 Å². The number of hydrogen-bond acceptors (Lipinski definition) is 3. The molecule has 4 aliphatic rings. The van der Waals surface area contributed by atoms with E-state index in [0.717, 1.165) is 48.7 Å². The molecule has 0 aromatic heterocycles. The van der Waals surface area contributed by atoms with E-state index in [2.05, 4.69) is 26.8 Å². The maximum absolute atomic E-state index is 11.0. The number of carboxylic acid groups (broad SMARTS) is 1. The van der Waals surface area contributed by atoms with Crippen molar-refractivity contribution < 1.29 is 19.7 Å². The number of carbonyl (C=O) groups is 1. The van der Waals surface area contributed by atoms with Crippen molar-refractivity contribution in [2.45, 2.75) is 91.1 Å². The first kappa shape index (κ1) is 24.9. The molecule has 0 saturated heterocycles. The van der Waals surface area contributed by atoms with Gasteiger partial charge in [0.15, 0.2) is 0 Å². The van der Waals surface area contributed by atoms with E-state index < -0.39 is 5.97 Å². The summed E-state index contributed by atoms with van der Waals surface area (Å²) in [6, 6.07) is 6.72. The van der Waals surface area contributed by atoms with Gasteiger partial charge >= 0.3 is 5.97 Å². The zero-order valence-corrected chi connectivity index (χ0v) is 21.8. The van der Waals surface area contributed by atoms with Gasteiger partial charge in [0.2, 0.25) is 0 Å². The minimum absolute atomic E-state index is 0.121. The second kappa shape index (κ2) is 9.57. The average Bonchev–Trinajstić information content (AvgIpc) is 3.20. The molecule has 3 saturated carbocycles. The van der Waals surface area contributed by atoms with E-state index in [1.165, 1.54) is 44.9 Å². The lowest BCUT2D eigenvalue weighted by Crippen LogP contribution is -2.50. The molecule has 0 heterocycles. The number of allylic oxidation sites excluding steroid dienone is 1. The van der Waals surface area contributed by atoms with Gasteiger partial charge in [-0.1, -0.05) is 32.4 Å². The SMILES string of the molecule is C[C@H](CCCOc1ccc(C(=O)O)cc1)[C@H]1CCC2C3CC=C4C[C@@H](O)CC[C@]4(C)C3CC[C@@]21C. The van der Waals surface area contributed by atoms with Gasteiger partial charge in [0.1, 0.15) is 5.75 Å². The van der Waals surface area contributed by atoms with Crippen molar-refractivity contribution >= 4 is 5.97 Å². The first-order valence-electron chi connectivity index (χ1n) is 14.1. The number of ether oxygens (including phenoxy) is 1. The van der Waals surface area contributed by atoms with Gasteiger partial charge in [-0.3, -0.25) is 0 Å². The third kappa shape index (κ3) is 4.45. The molecule has 3 fully saturated rings. The van der Waals surface area contributed by atoms with Crippen molar-refractivity contribution in [1.82, 2.24) is 0 Å². The Morgan fingerprint density at radius 1 is 1.09 bits per heavy atom. The van der Waals surface area contributed by atoms with Crippen molar-refractivity contribution in [3.8, 4) is 5.75 Å². The summed E-state index contributed by atoms with van der Waals surface area (Å²) in [5.74, 6) is 3.83. The Balaban J connectivity index is 1.17. The lowest BCUT2D eigenvalue weighted by Gasteiger charge is -2.58. The predicted octanol–water partition coefficient (Wildman–Crippen LogP) is 7.12. The van der Waals surface area contributed by atoms with E-state index in [1.54, 1.807) is 29.8 Å². The van der Waals surface area contributed by atoms with Gasteiger partial charge in [0.05, 0.1) is 18.3 Å². The van der Waals surface area contributed by atoms with Gasteiger partial charge < -0.3 is 14.9 Å². The fourth-order valence-corrected chi connectivity index (χ4v) is 9.11. The Morgan fingerprint density at radius 3 is 2.60 bits per heavy atom. The van der Waals surface area contributed by atoms with Gasteiger partial charge in [0.25, 0.3) is 0 Å². The summed E-state index contributed by atoms with van der Waals surface area (Å²) in [5, 5.41) is 19.3. The van der Waals surface area contributed by atoms with E-state index >= 15 is 0 Å². The fourth-order valence-electron chi connectivity index (χ4n) is 9.11. The molecule has 5 rings (SSSR count). The van der Waals surface area contributed by atoms with Crippen molar-refractivity contribution in [3.63, 3.8) is 0 Å². The number of aromatic carboxylic acids is 1. The zero-order chi connectivity index (χ0) is 24.8. The predicted molar refractivity (Wildman–Crippen MR) is 138 cm³/mol. The summed E-state index contributed by atoms with van der Waals surface area (Å²) >= 11 is 0. The van der Waals surface area contributed by atoms with Crippen LogP contribution in [0.3, 0.4) is 0 Å². The number of fused-ring (bicyclic) bond motifs is 5. The van der Waals surface area contributed by atoms with Crippen molar-refractivity contribution in [3.05, 3.63) is 41.5 Å². The van der Waals surface area contributed by atoms with Crippen LogP contribution in [0.25, 0.3) is 0 Å². The van der Waals surface area contributed by atoms with E-state index in [-0.39, 0.29) is 6.10 Å². The third-order valence-corrected chi connectivity index (χ3v) is 11.0. The number of aliphatic hydroxyl groups excluding tert-OH is 1. The van der Waals surface area contributed by atoms with E-state index in [0.29, 0.717) is 28.9 Å². The Kier molecular flexibility index (Phi) is 6.80. The molecule has 0 aliphatic heterocycles. The highest BCUT2D eigenvalue weighted by Crippen LogP contribution is 2.67. The van der Waals surface area contributed by atoms with Crippen LogP contribution in [-0.4, -0.2) is 28.9 Å². The van der Waals surface area contributed by atoms with Crippen LogP contribution in [0.5, 0.6) is 5.75 Å². The lowest BCUT2D eigenvalue weighted by molar-refractivity contribution is -0.0573. The van der Waals surface area contributed by atoms with Gasteiger partial charge in [-0.15, -0.1) is 0 Å². The molecule has 0 amide bonds. The van der Waals surface area contributed by atoms with Crippen LogP contribution < -0.4 is 4.74 Å². The number of benzene rings is 1. The molecule has 192 valence electrons. The summed E-state index contributed by atoms with van der Waals surface area (Å²) in [5.41, 5.74) is 2.66. The second-order valence-corrected chi connectivity index (χ2v) is 12.7. The van der Waals surface area contributed by atoms with E-state index in [9.17, 15) is 9.90 Å². The zero-order valence-electron chi connectivity index (χ0n) is 21.8. The molecule has 1 aromatic carbocycles. The number of rotatable bonds is 7. The van der Waals surface area contributed by atoms with Crippen molar-refractivity contribution in [2.75, 3.05) is 6.61 Å². The Labute approximate surface area is 211 Å². The largest absolute Gasteiger partial charge is 0.494 e. The molecule has 0 radical (unpaired) electrons. The molecule has 4 aliphatic carbocycles. The van der Waals surface area contributed by atoms with Crippen LogP contribution in [0.2, 0.25) is 0 Å². The summed E-state index contributed by atoms with van der Waals surface area (Å²) in [7, 11) is 0. The smallest absolute Gasteiger partial charge is 0.335 e. The molecule has 0 bridgehead atoms. The first-order chi connectivity index (χ1) is 16.7. The highest BCUT2D eigenvalue weighted by Gasteiger charge is 2.59. The standard InChI is InChI=1S/C31H44O4/c1-20(5-4-18-35-24-9-6-21(7-10-24)29(33)34)26-12-13-27-25-11-8-22-19-23(32)14-16-30(22,2)28(25)15-17-31(26,27)3/h6-10,20,23,25-28,32H,4-5,11-19H2,1-3H3,(H,33,34)/t20-,23+,25?,26-,27?,28?,30+,31-/m1/s1. The molecule has 4 heteroatoms. The normalized spacial score (nSPS) is 39.1. The van der Waals surface area contributed by atoms with Crippen LogP contribution in [0.1, 0.15) is 95.3 Å². The van der Waals surface area contributed by atoms with E-state index in [1.807, 2.05) is 0 Å². The summed E-state index contributed by atoms with van der Waals surface area (Å²) < 4.78 is 5.91. The van der Waals surface area contributed by atoms with Crippen molar-refractivity contribution in [1.29, 1.82) is 0 Å². The molecule has 0 spiro atoms. The molecule has 4 nitrogen and oxygen atoms in total. The number of carboxylic acids is 1. The topological polar surface area (TPSA) is 66.8 Å². The fraction of sp³-hybridized carbons (Fsp3) is 0.710. The van der Waals surface area contributed by atoms with Crippen LogP contribution in [0.4, 0.5) is 0 Å². The van der Waals surface area contributed by atoms with Crippen LogP contribution in [0.15, 0.2) is 35.9 Å². The Bertz CT molecular complexity index is 951. The monoisotopic (exact) mass is 480 g/mol. The average molecular weight is 481 g/mol. The molecular weight excluding hydrogens is 436 g/mol. The highest BCUT2D eigenvalue weighted by molar-refractivity contribution is 5.87. The van der Waals surface area contributed by atoms with E-state index in [4.69, 9.17) is 9.84 Å². The van der Waals surface area contributed by atoms with Crippen LogP contribution in [0, 0.1) is 40.4 Å². The number of hydrogen-bond donors (Lipinski definition) is 2. The van der Waals surface area contributed by atoms with Gasteiger partial charge in [-0.25, -0.2) is 4.79 Å². The van der Waals surface area contributed by atoms with Crippen molar-refractivity contribution in [2.24, 2.45) is 40.4 Å². The molecule has 3 unspecified atom stereocenters. The highest BCUT2D eigenvalue weighted by atomic mass is 16.5. The quantitative estimate of drug-likeness (QED) is 0.322. The minimum atomic E-state index is -0.904. The molecule has 1 aromatic rings.